The van der Waals surface area contributed by atoms with Crippen LogP contribution in [-0.4, -0.2) is 113 Å². The van der Waals surface area contributed by atoms with Crippen LogP contribution in [0.1, 0.15) is 57.8 Å². The van der Waals surface area contributed by atoms with Gasteiger partial charge < -0.3 is 28.9 Å². The molecule has 0 radical (unpaired) electrons. The molecule has 2 saturated heterocycles. The number of amides is 1. The average Bonchev–Trinajstić information content (AvgIpc) is 3.44. The zero-order chi connectivity index (χ0) is 34.0. The summed E-state index contributed by atoms with van der Waals surface area (Å²) in [7, 11) is 4.20. The zero-order valence-electron chi connectivity index (χ0n) is 28.2. The smallest absolute Gasteiger partial charge is 0.336 e. The van der Waals surface area contributed by atoms with Gasteiger partial charge in [0.2, 0.25) is 11.5 Å². The minimum Gasteiger partial charge on any atom is -0.430 e. The van der Waals surface area contributed by atoms with Gasteiger partial charge in [-0.2, -0.15) is 0 Å². The summed E-state index contributed by atoms with van der Waals surface area (Å²) in [5, 5.41) is 8.11. The molecule has 2 fully saturated rings. The van der Waals surface area contributed by atoms with Gasteiger partial charge in [0.05, 0.1) is 5.56 Å². The molecule has 1 aromatic carbocycles. The van der Waals surface area contributed by atoms with Crippen LogP contribution >= 0.6 is 0 Å². The third-order valence-corrected chi connectivity index (χ3v) is 9.06. The van der Waals surface area contributed by atoms with Crippen molar-refractivity contribution in [3.8, 4) is 23.1 Å². The van der Waals surface area contributed by atoms with Gasteiger partial charge in [-0.15, -0.1) is 10.2 Å². The Morgan fingerprint density at radius 2 is 1.77 bits per heavy atom. The summed E-state index contributed by atoms with van der Waals surface area (Å²) < 4.78 is 32.3. The van der Waals surface area contributed by atoms with Gasteiger partial charge in [-0.1, -0.05) is 13.8 Å². The topological polar surface area (TPSA) is 131 Å². The van der Waals surface area contributed by atoms with Crippen LogP contribution in [0.4, 0.5) is 10.2 Å². The number of hydrogen-bond donors (Lipinski definition) is 0. The Morgan fingerprint density at radius 3 is 2.38 bits per heavy atom. The Balaban J connectivity index is 1.47. The van der Waals surface area contributed by atoms with Crippen LogP contribution in [0.5, 0.6) is 23.1 Å². The average molecular weight is 654 g/mol. The van der Waals surface area contributed by atoms with Crippen molar-refractivity contribution < 1.29 is 33.0 Å². The van der Waals surface area contributed by atoms with Crippen molar-refractivity contribution in [1.29, 1.82) is 0 Å². The molecule has 1 spiro atoms. The molecule has 5 rings (SSSR count). The van der Waals surface area contributed by atoms with E-state index in [1.165, 1.54) is 11.2 Å². The van der Waals surface area contributed by atoms with E-state index in [0.29, 0.717) is 37.4 Å². The summed E-state index contributed by atoms with van der Waals surface area (Å²) in [6, 6.07) is 1.15. The van der Waals surface area contributed by atoms with Crippen molar-refractivity contribution in [2.75, 3.05) is 58.3 Å². The van der Waals surface area contributed by atoms with Crippen LogP contribution in [0.15, 0.2) is 24.5 Å². The number of carbonyl (C=O) groups excluding carboxylic acids is 3. The van der Waals surface area contributed by atoms with Gasteiger partial charge in [-0.05, 0) is 66.2 Å². The minimum absolute atomic E-state index is 0.0674. The van der Waals surface area contributed by atoms with E-state index in [2.05, 4.69) is 57.8 Å². The van der Waals surface area contributed by atoms with Crippen molar-refractivity contribution >= 4 is 23.7 Å². The minimum atomic E-state index is -1.08. The molecule has 1 unspecified atom stereocenters. The summed E-state index contributed by atoms with van der Waals surface area (Å²) in [4.78, 5) is 51.5. The molecule has 14 heteroatoms. The Morgan fingerprint density at radius 1 is 1.09 bits per heavy atom. The fraction of sp³-hybridized carbons (Fsp3) is 0.576. The zero-order valence-corrected chi connectivity index (χ0v) is 28.2. The third kappa shape index (κ3) is 7.23. The highest BCUT2D eigenvalue weighted by molar-refractivity contribution is 6.01. The molecule has 254 valence electrons. The molecule has 0 aliphatic carbocycles. The molecule has 3 aliphatic heterocycles. The lowest BCUT2D eigenvalue weighted by atomic mass is 9.76. The first-order valence-corrected chi connectivity index (χ1v) is 16.1. The monoisotopic (exact) mass is 653 g/mol. The first-order chi connectivity index (χ1) is 22.3. The number of anilines is 1. The molecule has 2 aromatic rings. The van der Waals surface area contributed by atoms with Crippen LogP contribution in [0.2, 0.25) is 0 Å². The number of rotatable bonds is 11. The predicted octanol–water partition coefficient (Wildman–Crippen LogP) is 3.54. The van der Waals surface area contributed by atoms with E-state index in [9.17, 15) is 14.4 Å². The largest absolute Gasteiger partial charge is 0.430 e. The number of fused-ring (bicyclic) bond motifs is 1. The fourth-order valence-corrected chi connectivity index (χ4v) is 6.73. The number of nitrogens with zero attached hydrogens (tertiary/aromatic N) is 7. The van der Waals surface area contributed by atoms with Crippen LogP contribution in [0.25, 0.3) is 0 Å². The number of ether oxygens (including phenoxy) is 3. The van der Waals surface area contributed by atoms with Crippen LogP contribution in [0, 0.1) is 17.2 Å². The second kappa shape index (κ2) is 13.9. The van der Waals surface area contributed by atoms with E-state index < -0.39 is 35.2 Å². The number of esters is 2. The highest BCUT2D eigenvalue weighted by atomic mass is 19.1. The predicted molar refractivity (Wildman–Crippen MR) is 171 cm³/mol. The Hall–Kier alpha value is -4.17. The van der Waals surface area contributed by atoms with Gasteiger partial charge in [0.1, 0.15) is 6.33 Å². The lowest BCUT2D eigenvalue weighted by Crippen LogP contribution is -2.62. The second-order valence-electron chi connectivity index (χ2n) is 13.4. The second-order valence-corrected chi connectivity index (χ2v) is 13.4. The maximum absolute atomic E-state index is 15.5. The van der Waals surface area contributed by atoms with E-state index >= 15 is 4.39 Å². The molecule has 3 aliphatic rings. The maximum Gasteiger partial charge on any atom is 0.336 e. The van der Waals surface area contributed by atoms with Gasteiger partial charge in [-0.25, -0.2) is 19.0 Å². The summed E-state index contributed by atoms with van der Waals surface area (Å²) in [6.07, 6.45) is 5.02. The van der Waals surface area contributed by atoms with E-state index in [-0.39, 0.29) is 28.6 Å². The number of benzene rings is 1. The van der Waals surface area contributed by atoms with E-state index in [4.69, 9.17) is 14.2 Å². The van der Waals surface area contributed by atoms with Crippen molar-refractivity contribution in [3.63, 3.8) is 0 Å². The maximum atomic E-state index is 15.5. The molecule has 1 amide bonds. The molecular weight excluding hydrogens is 609 g/mol. The summed E-state index contributed by atoms with van der Waals surface area (Å²) in [5.74, 6) is -4.37. The lowest BCUT2D eigenvalue weighted by molar-refractivity contribution is -0.133. The molecule has 4 heterocycles. The van der Waals surface area contributed by atoms with Crippen LogP contribution < -0.4 is 19.1 Å². The number of hydrogen-bond acceptors (Lipinski definition) is 12. The Kier molecular flexibility index (Phi) is 10.1. The molecular formula is C33H44FN7O6. The summed E-state index contributed by atoms with van der Waals surface area (Å²) in [5.41, 5.74) is -0.166. The number of likely N-dealkylation sites (tertiary alicyclic amines) is 1. The van der Waals surface area contributed by atoms with Crippen molar-refractivity contribution in [1.82, 2.24) is 29.9 Å². The quantitative estimate of drug-likeness (QED) is 0.260. The molecule has 1 aromatic heterocycles. The van der Waals surface area contributed by atoms with E-state index in [0.717, 1.165) is 50.7 Å². The lowest BCUT2D eigenvalue weighted by Gasteiger charge is -2.53. The third-order valence-electron chi connectivity index (χ3n) is 9.06. The molecule has 0 N–H and O–H groups in total. The van der Waals surface area contributed by atoms with E-state index in [1.807, 2.05) is 13.8 Å². The Bertz CT molecular complexity index is 1540. The van der Waals surface area contributed by atoms with Crippen molar-refractivity contribution in [3.05, 3.63) is 35.9 Å². The summed E-state index contributed by atoms with van der Waals surface area (Å²) >= 11 is 0. The van der Waals surface area contributed by atoms with Crippen molar-refractivity contribution in [2.45, 2.75) is 59.5 Å². The number of carbonyl (C=O) groups is 3. The molecule has 0 bridgehead atoms. The Labute approximate surface area is 274 Å². The van der Waals surface area contributed by atoms with Gasteiger partial charge in [0, 0.05) is 62.4 Å². The van der Waals surface area contributed by atoms with Crippen molar-refractivity contribution in [2.24, 2.45) is 11.3 Å². The van der Waals surface area contributed by atoms with Crippen LogP contribution in [0.3, 0.4) is 0 Å². The SMILES string of the molecule is CCN(C(=O)c1cc(F)c2c(c1Oc1nncnc1N1CCC3(C1)CN(C(CCN(C)C)C(C)C)C3)OC(=O)/C=C/C(=O)O2)C(C)C. The normalized spacial score (nSPS) is 18.8. The first kappa shape index (κ1) is 34.2. The molecule has 13 nitrogen and oxygen atoms in total. The van der Waals surface area contributed by atoms with E-state index in [1.54, 1.807) is 6.92 Å². The van der Waals surface area contributed by atoms with Gasteiger partial charge in [0.25, 0.3) is 11.8 Å². The first-order valence-electron chi connectivity index (χ1n) is 16.1. The highest BCUT2D eigenvalue weighted by Gasteiger charge is 2.50. The molecule has 0 saturated carbocycles. The molecule has 1 atom stereocenters. The standard InChI is InChI=1S/C33H44FN7O6/c1-8-41(21(4)5)32(44)22-15-23(34)28-29(46-26(43)10-9-25(42)45-28)27(22)47-31-30(35-19-36-37-31)39-14-12-33(16-39)17-40(18-33)24(20(2)3)11-13-38(6)7/h9-10,15,19-21,24H,8,11-14,16-18H2,1-7H3/b10-9+. The van der Waals surface area contributed by atoms with Gasteiger partial charge >= 0.3 is 11.9 Å². The number of halogens is 1. The molecule has 47 heavy (non-hydrogen) atoms. The van der Waals surface area contributed by atoms with Crippen LogP contribution in [-0.2, 0) is 9.59 Å². The summed E-state index contributed by atoms with van der Waals surface area (Å²) in [6.45, 7) is 14.6. The fourth-order valence-electron chi connectivity index (χ4n) is 6.73. The van der Waals surface area contributed by atoms with Gasteiger partial charge in [0.15, 0.2) is 17.4 Å². The van der Waals surface area contributed by atoms with Gasteiger partial charge in [-0.3, -0.25) is 9.69 Å². The number of aromatic nitrogens is 3. The highest BCUT2D eigenvalue weighted by Crippen LogP contribution is 2.48.